The van der Waals surface area contributed by atoms with E-state index in [0.717, 1.165) is 23.5 Å². The molecule has 3 heterocycles. The molecule has 0 aliphatic heterocycles. The van der Waals surface area contributed by atoms with Gasteiger partial charge in [-0.05, 0) is 25.1 Å². The Morgan fingerprint density at radius 3 is 2.68 bits per heavy atom. The highest BCUT2D eigenvalue weighted by Gasteiger charge is 2.33. The van der Waals surface area contributed by atoms with Gasteiger partial charge in [-0.1, -0.05) is 11.6 Å². The van der Waals surface area contributed by atoms with Crippen LogP contribution in [0.15, 0.2) is 30.7 Å². The number of rotatable bonds is 5. The van der Waals surface area contributed by atoms with E-state index in [1.165, 1.54) is 18.6 Å². The minimum atomic E-state index is -4.66. The molecule has 9 nitrogen and oxygen atoms in total. The molecule has 3 aromatic heterocycles. The highest BCUT2D eigenvalue weighted by molar-refractivity contribution is 7.13. The fraction of sp³-hybridized carbons (Fsp3) is 0.200. The summed E-state index contributed by atoms with van der Waals surface area (Å²) in [6.45, 7) is 1.76. The highest BCUT2D eigenvalue weighted by atomic mass is 35.5. The van der Waals surface area contributed by atoms with Gasteiger partial charge in [0.2, 0.25) is 0 Å². The van der Waals surface area contributed by atoms with Gasteiger partial charge in [0.1, 0.15) is 21.9 Å². The summed E-state index contributed by atoms with van der Waals surface area (Å²) in [5, 5.41) is 9.80. The first-order valence-corrected chi connectivity index (χ1v) is 10.8. The summed E-state index contributed by atoms with van der Waals surface area (Å²) < 4.78 is 40.6. The van der Waals surface area contributed by atoms with E-state index in [0.29, 0.717) is 21.7 Å². The molecule has 2 amide bonds. The Balaban J connectivity index is 1.43. The number of nitrogens with one attached hydrogen (secondary N) is 2. The number of fused-ring (bicyclic) bond motifs is 1. The molecule has 176 valence electrons. The third-order valence-electron chi connectivity index (χ3n) is 4.72. The largest absolute Gasteiger partial charge is 0.417 e. The third-order valence-corrected chi connectivity index (χ3v) is 6.04. The Morgan fingerprint density at radius 1 is 1.18 bits per heavy atom. The molecule has 0 aliphatic carbocycles. The van der Waals surface area contributed by atoms with Crippen molar-refractivity contribution in [1.29, 1.82) is 0 Å². The van der Waals surface area contributed by atoms with Gasteiger partial charge in [0.05, 0.1) is 34.4 Å². The topological polar surface area (TPSA) is 115 Å². The van der Waals surface area contributed by atoms with Gasteiger partial charge in [-0.25, -0.2) is 15.0 Å². The van der Waals surface area contributed by atoms with Gasteiger partial charge >= 0.3 is 6.18 Å². The Bertz CT molecular complexity index is 1420. The van der Waals surface area contributed by atoms with Crippen LogP contribution in [-0.2, 0) is 19.8 Å². The van der Waals surface area contributed by atoms with Crippen molar-refractivity contribution < 1.29 is 22.8 Å². The second-order valence-corrected chi connectivity index (χ2v) is 8.60. The zero-order valence-corrected chi connectivity index (χ0v) is 19.1. The molecule has 0 bridgehead atoms. The lowest BCUT2D eigenvalue weighted by Gasteiger charge is -2.11. The Morgan fingerprint density at radius 2 is 1.94 bits per heavy atom. The number of benzene rings is 1. The first kappa shape index (κ1) is 23.6. The average molecular weight is 510 g/mol. The first-order chi connectivity index (χ1) is 16.0. The van der Waals surface area contributed by atoms with Crippen molar-refractivity contribution in [2.45, 2.75) is 19.6 Å². The van der Waals surface area contributed by atoms with E-state index in [-0.39, 0.29) is 22.8 Å². The van der Waals surface area contributed by atoms with Crippen LogP contribution >= 0.6 is 22.9 Å². The highest BCUT2D eigenvalue weighted by Crippen LogP contribution is 2.36. The van der Waals surface area contributed by atoms with Crippen LogP contribution < -0.4 is 10.6 Å². The lowest BCUT2D eigenvalue weighted by molar-refractivity contribution is -0.137. The van der Waals surface area contributed by atoms with Crippen LogP contribution in [-0.4, -0.2) is 36.5 Å². The number of hydrogen-bond acceptors (Lipinski definition) is 7. The van der Waals surface area contributed by atoms with Crippen molar-refractivity contribution in [3.8, 4) is 0 Å². The molecule has 14 heteroatoms. The van der Waals surface area contributed by atoms with Gasteiger partial charge in [-0.2, -0.15) is 18.3 Å². The molecule has 2 N–H and O–H groups in total. The number of alkyl halides is 3. The fourth-order valence-electron chi connectivity index (χ4n) is 3.20. The number of nitrogens with zero attached hydrogens (tertiary/aromatic N) is 5. The van der Waals surface area contributed by atoms with Crippen LogP contribution in [0.4, 0.5) is 18.9 Å². The average Bonchev–Trinajstić information content (AvgIpc) is 3.37. The number of halogens is 4. The minimum absolute atomic E-state index is 0.0146. The van der Waals surface area contributed by atoms with Crippen LogP contribution in [0.25, 0.3) is 11.0 Å². The number of aromatic nitrogens is 5. The third kappa shape index (κ3) is 4.70. The van der Waals surface area contributed by atoms with Crippen molar-refractivity contribution in [2.75, 3.05) is 5.32 Å². The minimum Gasteiger partial charge on any atom is -0.344 e. The molecule has 4 aromatic rings. The number of anilines is 1. The van der Waals surface area contributed by atoms with Crippen molar-refractivity contribution in [2.24, 2.45) is 7.05 Å². The number of thiazole rings is 1. The summed E-state index contributed by atoms with van der Waals surface area (Å²) in [6, 6.07) is 3.08. The lowest BCUT2D eigenvalue weighted by Crippen LogP contribution is -2.24. The number of aryl methyl sites for hydroxylation is 2. The van der Waals surface area contributed by atoms with Gasteiger partial charge in [0.15, 0.2) is 5.65 Å². The Labute approximate surface area is 199 Å². The van der Waals surface area contributed by atoms with Gasteiger partial charge in [-0.3, -0.25) is 14.3 Å². The second-order valence-electron chi connectivity index (χ2n) is 7.08. The molecular formula is C20H15ClF3N7O2S. The van der Waals surface area contributed by atoms with Crippen LogP contribution in [0.5, 0.6) is 0 Å². The van der Waals surface area contributed by atoms with E-state index < -0.39 is 28.6 Å². The van der Waals surface area contributed by atoms with Gasteiger partial charge in [0, 0.05) is 12.7 Å². The van der Waals surface area contributed by atoms with E-state index >= 15 is 0 Å². The molecule has 0 spiro atoms. The van der Waals surface area contributed by atoms with E-state index in [2.05, 4.69) is 30.7 Å². The molecule has 0 saturated heterocycles. The zero-order chi connectivity index (χ0) is 24.6. The second kappa shape index (κ2) is 8.99. The zero-order valence-electron chi connectivity index (χ0n) is 17.6. The summed E-state index contributed by atoms with van der Waals surface area (Å²) in [7, 11) is 1.71. The molecule has 0 saturated carbocycles. The Hall–Kier alpha value is -3.58. The number of hydrogen-bond donors (Lipinski definition) is 2. The standard InChI is InChI=1S/C20H15ClF3N7O2S/c1-9-15-16(27-8-28-17(15)31(2)30-9)19(33)26-7-14-25-6-13(34-14)18(32)29-10-3-4-12(21)11(5-10)20(22,23)24/h3-6,8H,7H2,1-2H3,(H,26,33)(H,29,32). The summed E-state index contributed by atoms with van der Waals surface area (Å²) in [5.74, 6) is -1.11. The van der Waals surface area contributed by atoms with Crippen LogP contribution in [0.2, 0.25) is 5.02 Å². The molecular weight excluding hydrogens is 495 g/mol. The molecule has 0 radical (unpaired) electrons. The maximum absolute atomic E-state index is 13.0. The molecule has 0 aliphatic rings. The SMILES string of the molecule is Cc1nn(C)c2ncnc(C(=O)NCc3ncc(C(=O)Nc4ccc(Cl)c(C(F)(F)F)c4)s3)c12. The number of carbonyl (C=O) groups is 2. The summed E-state index contributed by atoms with van der Waals surface area (Å²) in [6.07, 6.45) is -2.11. The van der Waals surface area contributed by atoms with Gasteiger partial charge < -0.3 is 10.6 Å². The maximum Gasteiger partial charge on any atom is 0.417 e. The summed E-state index contributed by atoms with van der Waals surface area (Å²) in [5.41, 5.74) is 0.161. The van der Waals surface area contributed by atoms with Crippen LogP contribution in [0.3, 0.4) is 0 Å². The normalized spacial score (nSPS) is 11.6. The van der Waals surface area contributed by atoms with Gasteiger partial charge in [-0.15, -0.1) is 11.3 Å². The number of carbonyl (C=O) groups excluding carboxylic acids is 2. The van der Waals surface area contributed by atoms with Crippen molar-refractivity contribution in [3.05, 3.63) is 62.6 Å². The summed E-state index contributed by atoms with van der Waals surface area (Å²) >= 11 is 6.58. The molecule has 0 unspecified atom stereocenters. The van der Waals surface area contributed by atoms with Crippen molar-refractivity contribution in [3.63, 3.8) is 0 Å². The monoisotopic (exact) mass is 509 g/mol. The predicted octanol–water partition coefficient (Wildman–Crippen LogP) is 3.98. The molecule has 4 rings (SSSR count). The first-order valence-electron chi connectivity index (χ1n) is 9.60. The molecule has 0 fully saturated rings. The van der Waals surface area contributed by atoms with Gasteiger partial charge in [0.25, 0.3) is 11.8 Å². The number of amides is 2. The lowest BCUT2D eigenvalue weighted by atomic mass is 10.2. The smallest absolute Gasteiger partial charge is 0.344 e. The van der Waals surface area contributed by atoms with Crippen LogP contribution in [0, 0.1) is 6.92 Å². The van der Waals surface area contributed by atoms with Crippen molar-refractivity contribution in [1.82, 2.24) is 30.0 Å². The Kier molecular flexibility index (Phi) is 6.23. The predicted molar refractivity (Wildman–Crippen MR) is 119 cm³/mol. The molecule has 0 atom stereocenters. The molecule has 34 heavy (non-hydrogen) atoms. The van der Waals surface area contributed by atoms with Crippen molar-refractivity contribution >= 4 is 51.5 Å². The maximum atomic E-state index is 13.0. The van der Waals surface area contributed by atoms with E-state index in [4.69, 9.17) is 11.6 Å². The summed E-state index contributed by atoms with van der Waals surface area (Å²) in [4.78, 5) is 37.6. The van der Waals surface area contributed by atoms with E-state index in [9.17, 15) is 22.8 Å². The molecule has 1 aromatic carbocycles. The van der Waals surface area contributed by atoms with E-state index in [1.54, 1.807) is 18.7 Å². The van der Waals surface area contributed by atoms with Crippen LogP contribution in [0.1, 0.15) is 36.4 Å². The fourth-order valence-corrected chi connectivity index (χ4v) is 4.18. The quantitative estimate of drug-likeness (QED) is 0.420. The van der Waals surface area contributed by atoms with E-state index in [1.807, 2.05) is 0 Å².